The lowest BCUT2D eigenvalue weighted by Gasteiger charge is -2.40. The smallest absolute Gasteiger partial charge is 0.258 e. The van der Waals surface area contributed by atoms with Crippen molar-refractivity contribution in [2.24, 2.45) is 0 Å². The van der Waals surface area contributed by atoms with Gasteiger partial charge in [0.2, 0.25) is 0 Å². The molecule has 2 saturated heterocycles. The molecule has 0 radical (unpaired) electrons. The molecular weight excluding hydrogens is 445 g/mol. The van der Waals surface area contributed by atoms with Crippen LogP contribution in [0.25, 0.3) is 5.65 Å². The number of carbonyl (C=O) groups excluding carboxylic acids is 1. The fraction of sp³-hybridized carbons (Fsp3) is 0.458. The molecule has 2 aromatic rings. The summed E-state index contributed by atoms with van der Waals surface area (Å²) in [7, 11) is 0. The highest BCUT2D eigenvalue weighted by Crippen LogP contribution is 2.32. The molecule has 2 fully saturated rings. The lowest BCUT2D eigenvalue weighted by molar-refractivity contribution is -0.128. The molecule has 0 unspecified atom stereocenters. The minimum atomic E-state index is -0.715. The molecule has 1 amide bonds. The third-order valence-corrected chi connectivity index (χ3v) is 6.80. The summed E-state index contributed by atoms with van der Waals surface area (Å²) < 4.78 is 21.4. The van der Waals surface area contributed by atoms with E-state index in [9.17, 15) is 9.18 Å². The number of amides is 1. The summed E-state index contributed by atoms with van der Waals surface area (Å²) in [6.07, 6.45) is 12.9. The predicted molar refractivity (Wildman–Crippen MR) is 123 cm³/mol. The molecular formula is C24H27ClFN5O2. The number of nitrogens with zero attached hydrogens (tertiary/aromatic N) is 4. The third-order valence-electron chi connectivity index (χ3n) is 6.60. The Bertz CT molecular complexity index is 1130. The summed E-state index contributed by atoms with van der Waals surface area (Å²) in [5.41, 5.74) is 2.65. The summed E-state index contributed by atoms with van der Waals surface area (Å²) in [6.45, 7) is 3.74. The summed E-state index contributed by atoms with van der Waals surface area (Å²) in [4.78, 5) is 19.6. The van der Waals surface area contributed by atoms with Crippen molar-refractivity contribution in [1.82, 2.24) is 24.8 Å². The molecule has 0 aromatic carbocycles. The van der Waals surface area contributed by atoms with E-state index in [0.717, 1.165) is 36.9 Å². The molecule has 5 heterocycles. The Morgan fingerprint density at radius 1 is 1.33 bits per heavy atom. The maximum atomic E-state index is 13.5. The van der Waals surface area contributed by atoms with Crippen molar-refractivity contribution in [1.29, 1.82) is 0 Å². The van der Waals surface area contributed by atoms with Gasteiger partial charge in [-0.1, -0.05) is 30.7 Å². The first kappa shape index (κ1) is 22.1. The number of carbonyl (C=O) groups is 1. The van der Waals surface area contributed by atoms with Gasteiger partial charge in [0, 0.05) is 23.8 Å². The van der Waals surface area contributed by atoms with Gasteiger partial charge in [0.1, 0.15) is 18.5 Å². The molecule has 3 aliphatic heterocycles. The lowest BCUT2D eigenvalue weighted by Crippen LogP contribution is -2.50. The average molecular weight is 472 g/mol. The van der Waals surface area contributed by atoms with Crippen LogP contribution in [0, 0.1) is 0 Å². The first-order chi connectivity index (χ1) is 16.1. The van der Waals surface area contributed by atoms with Gasteiger partial charge in [0.05, 0.1) is 35.6 Å². The number of fused-ring (bicyclic) bond motifs is 5. The number of rotatable bonds is 6. The van der Waals surface area contributed by atoms with E-state index in [4.69, 9.17) is 16.3 Å². The number of halogens is 2. The van der Waals surface area contributed by atoms with E-state index in [2.05, 4.69) is 22.0 Å². The Labute approximate surface area is 196 Å². The van der Waals surface area contributed by atoms with Crippen LogP contribution in [0.2, 0.25) is 5.02 Å². The van der Waals surface area contributed by atoms with Crippen molar-refractivity contribution in [3.63, 3.8) is 0 Å². The van der Waals surface area contributed by atoms with Gasteiger partial charge in [0.15, 0.2) is 5.65 Å². The molecule has 174 valence electrons. The quantitative estimate of drug-likeness (QED) is 0.393. The van der Waals surface area contributed by atoms with Crippen molar-refractivity contribution in [3.05, 3.63) is 64.8 Å². The Balaban J connectivity index is 1.35. The molecule has 0 aliphatic carbocycles. The van der Waals surface area contributed by atoms with E-state index >= 15 is 0 Å². The molecule has 3 atom stereocenters. The molecule has 2 aromatic heterocycles. The standard InChI is InChI=1S/C24H27ClFN5O2/c1-2-4-19(22(7-8-26)33-18-9-16-5-3-6-17(10-18)28-16)24(32)30-13-20-21(14-30)29-31-12-15(25)11-27-23(20)31/h2,4,7,11-12,16-18,28H,1,3,5-6,8-10,13-14H2/b19-4+,22-7+/t16-,17+,18+. The second-order valence-corrected chi connectivity index (χ2v) is 9.30. The summed E-state index contributed by atoms with van der Waals surface area (Å²) in [5, 5.41) is 8.65. The van der Waals surface area contributed by atoms with Crippen LogP contribution in [0.3, 0.4) is 0 Å². The van der Waals surface area contributed by atoms with E-state index in [1.54, 1.807) is 27.9 Å². The summed E-state index contributed by atoms with van der Waals surface area (Å²) >= 11 is 6.01. The van der Waals surface area contributed by atoms with Crippen LogP contribution in [-0.2, 0) is 22.6 Å². The van der Waals surface area contributed by atoms with Gasteiger partial charge in [-0.3, -0.25) is 4.79 Å². The number of allylic oxidation sites excluding steroid dienone is 3. The van der Waals surface area contributed by atoms with Gasteiger partial charge in [0.25, 0.3) is 5.91 Å². The average Bonchev–Trinajstić information content (AvgIpc) is 3.34. The van der Waals surface area contributed by atoms with Crippen molar-refractivity contribution >= 4 is 23.2 Å². The fourth-order valence-corrected chi connectivity index (χ4v) is 5.33. The third kappa shape index (κ3) is 4.42. The Hall–Kier alpha value is -2.71. The highest BCUT2D eigenvalue weighted by molar-refractivity contribution is 6.30. The topological polar surface area (TPSA) is 71.8 Å². The highest BCUT2D eigenvalue weighted by atomic mass is 35.5. The van der Waals surface area contributed by atoms with E-state index in [1.165, 1.54) is 18.6 Å². The van der Waals surface area contributed by atoms with Crippen molar-refractivity contribution in [2.75, 3.05) is 6.67 Å². The zero-order valence-corrected chi connectivity index (χ0v) is 19.1. The number of nitrogens with one attached hydrogen (secondary N) is 1. The molecule has 0 saturated carbocycles. The van der Waals surface area contributed by atoms with Crippen LogP contribution >= 0.6 is 11.6 Å². The maximum absolute atomic E-state index is 13.5. The molecule has 1 N–H and O–H groups in total. The second-order valence-electron chi connectivity index (χ2n) is 8.87. The highest BCUT2D eigenvalue weighted by Gasteiger charge is 2.35. The fourth-order valence-electron chi connectivity index (χ4n) is 5.19. The van der Waals surface area contributed by atoms with E-state index < -0.39 is 6.67 Å². The largest absolute Gasteiger partial charge is 0.490 e. The molecule has 33 heavy (non-hydrogen) atoms. The number of piperidine rings is 2. The monoisotopic (exact) mass is 471 g/mol. The minimum absolute atomic E-state index is 0.0469. The second kappa shape index (κ2) is 9.27. The molecule has 0 spiro atoms. The molecule has 9 heteroatoms. The minimum Gasteiger partial charge on any atom is -0.490 e. The molecule has 2 bridgehead atoms. The Morgan fingerprint density at radius 2 is 2.12 bits per heavy atom. The molecule has 7 nitrogen and oxygen atoms in total. The first-order valence-electron chi connectivity index (χ1n) is 11.4. The summed E-state index contributed by atoms with van der Waals surface area (Å²) in [6, 6.07) is 0.838. The van der Waals surface area contributed by atoms with Crippen LogP contribution in [0.1, 0.15) is 43.4 Å². The zero-order chi connectivity index (χ0) is 22.9. The Morgan fingerprint density at radius 3 is 2.85 bits per heavy atom. The van der Waals surface area contributed by atoms with Crippen LogP contribution in [-0.4, -0.2) is 50.3 Å². The van der Waals surface area contributed by atoms with E-state index in [0.29, 0.717) is 41.4 Å². The number of alkyl halides is 1. The predicted octanol–water partition coefficient (Wildman–Crippen LogP) is 3.88. The van der Waals surface area contributed by atoms with Crippen LogP contribution in [0.5, 0.6) is 0 Å². The van der Waals surface area contributed by atoms with Crippen molar-refractivity contribution in [3.8, 4) is 0 Å². The number of ether oxygens (including phenoxy) is 1. The molecule has 5 rings (SSSR count). The van der Waals surface area contributed by atoms with Gasteiger partial charge in [-0.05, 0) is 37.8 Å². The zero-order valence-electron chi connectivity index (χ0n) is 18.3. The SMILES string of the molecule is C=C/C=C(C(=O)N1Cc2nn3cc(Cl)cnc3c2C1)\C(=C/CF)O[C@H]1C[C@H]2CCC[C@@H](C1)N2. The number of hydrogen-bond donors (Lipinski definition) is 1. The van der Waals surface area contributed by atoms with Crippen LogP contribution in [0.15, 0.2) is 48.5 Å². The van der Waals surface area contributed by atoms with Crippen LogP contribution < -0.4 is 5.32 Å². The van der Waals surface area contributed by atoms with E-state index in [-0.39, 0.29) is 17.8 Å². The van der Waals surface area contributed by atoms with Gasteiger partial charge in [-0.25, -0.2) is 13.9 Å². The van der Waals surface area contributed by atoms with Gasteiger partial charge in [-0.2, -0.15) is 5.10 Å². The van der Waals surface area contributed by atoms with Gasteiger partial charge in [-0.15, -0.1) is 0 Å². The lowest BCUT2D eigenvalue weighted by atomic mass is 9.85. The Kier molecular flexibility index (Phi) is 6.21. The van der Waals surface area contributed by atoms with Gasteiger partial charge < -0.3 is 15.0 Å². The van der Waals surface area contributed by atoms with Crippen molar-refractivity contribution < 1.29 is 13.9 Å². The van der Waals surface area contributed by atoms with Crippen LogP contribution in [0.4, 0.5) is 4.39 Å². The maximum Gasteiger partial charge on any atom is 0.258 e. The van der Waals surface area contributed by atoms with Crippen molar-refractivity contribution in [2.45, 2.75) is 63.4 Å². The first-order valence-corrected chi connectivity index (χ1v) is 11.8. The van der Waals surface area contributed by atoms with E-state index in [1.807, 2.05) is 0 Å². The molecule has 3 aliphatic rings. The van der Waals surface area contributed by atoms with Gasteiger partial charge >= 0.3 is 0 Å². The number of aromatic nitrogens is 3. The normalized spacial score (nSPS) is 25.3. The summed E-state index contributed by atoms with van der Waals surface area (Å²) in [5.74, 6) is 0.0462. The number of hydrogen-bond acceptors (Lipinski definition) is 5.